The molecule has 1 saturated heterocycles. The van der Waals surface area contributed by atoms with Crippen molar-refractivity contribution >= 4 is 12.0 Å². The molecule has 0 saturated carbocycles. The Kier molecular flexibility index (Phi) is 5.76. The number of carboxylic acids is 1. The Morgan fingerprint density at radius 1 is 1.50 bits per heavy atom. The zero-order chi connectivity index (χ0) is 15.3. The van der Waals surface area contributed by atoms with E-state index in [1.807, 2.05) is 6.92 Å². The molecule has 0 aromatic carbocycles. The molecule has 0 aromatic rings. The summed E-state index contributed by atoms with van der Waals surface area (Å²) in [6, 6.07) is -0.253. The van der Waals surface area contributed by atoms with Crippen LogP contribution in [0.5, 0.6) is 0 Å². The van der Waals surface area contributed by atoms with Gasteiger partial charge in [0, 0.05) is 27.2 Å². The lowest BCUT2D eigenvalue weighted by atomic mass is 9.84. The van der Waals surface area contributed by atoms with E-state index in [9.17, 15) is 19.8 Å². The zero-order valence-corrected chi connectivity index (χ0v) is 12.3. The Morgan fingerprint density at radius 2 is 2.15 bits per heavy atom. The highest BCUT2D eigenvalue weighted by Gasteiger charge is 2.45. The fourth-order valence-corrected chi connectivity index (χ4v) is 2.53. The molecular formula is C13H24N2O5. The number of likely N-dealkylation sites (tertiary alicyclic amines) is 1. The van der Waals surface area contributed by atoms with Crippen molar-refractivity contribution in [3.05, 3.63) is 0 Å². The van der Waals surface area contributed by atoms with Crippen LogP contribution >= 0.6 is 0 Å². The maximum absolute atomic E-state index is 12.2. The Balaban J connectivity index is 2.59. The van der Waals surface area contributed by atoms with E-state index in [1.54, 1.807) is 7.05 Å². The fraction of sp³-hybridized carbons (Fsp3) is 0.846. The van der Waals surface area contributed by atoms with Crippen molar-refractivity contribution in [2.45, 2.75) is 25.9 Å². The van der Waals surface area contributed by atoms with Gasteiger partial charge in [-0.3, -0.25) is 4.79 Å². The number of aliphatic hydroxyl groups is 1. The average molecular weight is 288 g/mol. The lowest BCUT2D eigenvalue weighted by Crippen LogP contribution is -2.45. The molecule has 0 spiro atoms. The summed E-state index contributed by atoms with van der Waals surface area (Å²) < 4.78 is 4.81. The Hall–Kier alpha value is -1.34. The monoisotopic (exact) mass is 288 g/mol. The van der Waals surface area contributed by atoms with E-state index < -0.39 is 17.5 Å². The van der Waals surface area contributed by atoms with Crippen LogP contribution in [0.2, 0.25) is 0 Å². The first-order valence-electron chi connectivity index (χ1n) is 6.76. The molecule has 7 nitrogen and oxygen atoms in total. The van der Waals surface area contributed by atoms with Gasteiger partial charge < -0.3 is 24.7 Å². The van der Waals surface area contributed by atoms with Crippen molar-refractivity contribution in [2.75, 3.05) is 40.4 Å². The minimum Gasteiger partial charge on any atom is -0.481 e. The molecule has 2 atom stereocenters. The smallest absolute Gasteiger partial charge is 0.319 e. The predicted molar refractivity (Wildman–Crippen MR) is 72.5 cm³/mol. The van der Waals surface area contributed by atoms with Crippen LogP contribution in [0.1, 0.15) is 19.8 Å². The quantitative estimate of drug-likeness (QED) is 0.730. The van der Waals surface area contributed by atoms with Crippen molar-refractivity contribution in [1.29, 1.82) is 0 Å². The van der Waals surface area contributed by atoms with Crippen LogP contribution in [0, 0.1) is 5.41 Å². The van der Waals surface area contributed by atoms with Gasteiger partial charge in [-0.05, 0) is 12.8 Å². The molecule has 7 heteroatoms. The standard InChI is InChI=1S/C13H24N2O5/c1-4-13(11(17)18)5-6-15(9-13)12(19)14(2)7-10(16)8-20-3/h10,16H,4-9H2,1-3H3,(H,17,18). The number of aliphatic hydroxyl groups excluding tert-OH is 1. The lowest BCUT2D eigenvalue weighted by molar-refractivity contribution is -0.148. The van der Waals surface area contributed by atoms with E-state index in [2.05, 4.69) is 0 Å². The van der Waals surface area contributed by atoms with Crippen LogP contribution in [0.25, 0.3) is 0 Å². The number of carbonyl (C=O) groups is 2. The molecule has 1 fully saturated rings. The fourth-order valence-electron chi connectivity index (χ4n) is 2.53. The number of hydrogen-bond donors (Lipinski definition) is 2. The van der Waals surface area contributed by atoms with E-state index in [0.717, 1.165) is 0 Å². The van der Waals surface area contributed by atoms with Crippen LogP contribution in [0.3, 0.4) is 0 Å². The largest absolute Gasteiger partial charge is 0.481 e. The molecule has 2 N–H and O–H groups in total. The van der Waals surface area contributed by atoms with E-state index in [1.165, 1.54) is 16.9 Å². The zero-order valence-electron chi connectivity index (χ0n) is 12.3. The normalized spacial score (nSPS) is 23.7. The number of carbonyl (C=O) groups excluding carboxylic acids is 1. The number of urea groups is 1. The third-order valence-corrected chi connectivity index (χ3v) is 3.92. The summed E-state index contributed by atoms with van der Waals surface area (Å²) in [7, 11) is 3.07. The van der Waals surface area contributed by atoms with Crippen LogP contribution in [0.15, 0.2) is 0 Å². The SMILES string of the molecule is CCC1(C(=O)O)CCN(C(=O)N(C)CC(O)COC)C1. The average Bonchev–Trinajstić information content (AvgIpc) is 2.83. The van der Waals surface area contributed by atoms with Crippen molar-refractivity contribution in [3.8, 4) is 0 Å². The van der Waals surface area contributed by atoms with Crippen molar-refractivity contribution in [3.63, 3.8) is 0 Å². The summed E-state index contributed by atoms with van der Waals surface area (Å²) in [6.07, 6.45) is 0.230. The maximum atomic E-state index is 12.2. The first kappa shape index (κ1) is 16.7. The van der Waals surface area contributed by atoms with Gasteiger partial charge in [0.15, 0.2) is 0 Å². The number of hydrogen-bond acceptors (Lipinski definition) is 4. The molecule has 1 heterocycles. The van der Waals surface area contributed by atoms with Gasteiger partial charge in [-0.15, -0.1) is 0 Å². The van der Waals surface area contributed by atoms with E-state index in [-0.39, 0.29) is 25.7 Å². The van der Waals surface area contributed by atoms with Crippen molar-refractivity contribution in [2.24, 2.45) is 5.41 Å². The minimum absolute atomic E-state index is 0.158. The van der Waals surface area contributed by atoms with Gasteiger partial charge in [0.05, 0.1) is 24.7 Å². The van der Waals surface area contributed by atoms with Gasteiger partial charge in [0.2, 0.25) is 0 Å². The number of aliphatic carboxylic acids is 1. The summed E-state index contributed by atoms with van der Waals surface area (Å²) in [5.74, 6) is -0.850. The van der Waals surface area contributed by atoms with Crippen LogP contribution in [0.4, 0.5) is 4.79 Å². The molecule has 0 radical (unpaired) electrons. The molecule has 1 rings (SSSR count). The topological polar surface area (TPSA) is 90.3 Å². The van der Waals surface area contributed by atoms with Gasteiger partial charge in [-0.1, -0.05) is 6.92 Å². The van der Waals surface area contributed by atoms with Crippen LogP contribution in [-0.4, -0.2) is 78.5 Å². The number of nitrogens with zero attached hydrogens (tertiary/aromatic N) is 2. The molecule has 2 unspecified atom stereocenters. The van der Waals surface area contributed by atoms with Crippen molar-refractivity contribution < 1.29 is 24.5 Å². The molecule has 116 valence electrons. The number of ether oxygens (including phenoxy) is 1. The second-order valence-corrected chi connectivity index (χ2v) is 5.38. The Bertz CT molecular complexity index is 363. The number of carboxylic acid groups (broad SMARTS) is 1. The highest BCUT2D eigenvalue weighted by Crippen LogP contribution is 2.34. The first-order valence-corrected chi connectivity index (χ1v) is 6.76. The molecule has 0 bridgehead atoms. The molecule has 20 heavy (non-hydrogen) atoms. The summed E-state index contributed by atoms with van der Waals surface area (Å²) in [4.78, 5) is 26.5. The van der Waals surface area contributed by atoms with Gasteiger partial charge in [0.25, 0.3) is 0 Å². The minimum atomic E-state index is -0.850. The van der Waals surface area contributed by atoms with Crippen LogP contribution in [-0.2, 0) is 9.53 Å². The Labute approximate surface area is 119 Å². The second-order valence-electron chi connectivity index (χ2n) is 5.38. The maximum Gasteiger partial charge on any atom is 0.319 e. The number of rotatable bonds is 6. The van der Waals surface area contributed by atoms with Crippen molar-refractivity contribution in [1.82, 2.24) is 9.80 Å². The number of likely N-dealkylation sites (N-methyl/N-ethyl adjacent to an activating group) is 1. The lowest BCUT2D eigenvalue weighted by Gasteiger charge is -2.28. The summed E-state index contributed by atoms with van der Waals surface area (Å²) in [6.45, 7) is 2.81. The third kappa shape index (κ3) is 3.61. The van der Waals surface area contributed by atoms with Gasteiger partial charge in [0.1, 0.15) is 0 Å². The summed E-state index contributed by atoms with van der Waals surface area (Å²) in [5, 5.41) is 18.9. The van der Waals surface area contributed by atoms with E-state index >= 15 is 0 Å². The molecule has 1 aliphatic rings. The molecule has 2 amide bonds. The highest BCUT2D eigenvalue weighted by molar-refractivity contribution is 5.79. The Morgan fingerprint density at radius 3 is 2.60 bits per heavy atom. The molecular weight excluding hydrogens is 264 g/mol. The van der Waals surface area contributed by atoms with Crippen LogP contribution < -0.4 is 0 Å². The van der Waals surface area contributed by atoms with Gasteiger partial charge in [-0.2, -0.15) is 0 Å². The predicted octanol–water partition coefficient (Wildman–Crippen LogP) is 0.232. The third-order valence-electron chi connectivity index (χ3n) is 3.92. The van der Waals surface area contributed by atoms with Gasteiger partial charge in [-0.25, -0.2) is 4.79 Å². The number of amides is 2. The van der Waals surface area contributed by atoms with E-state index in [4.69, 9.17) is 4.74 Å². The molecule has 0 aromatic heterocycles. The summed E-state index contributed by atoms with van der Waals surface area (Å²) in [5.41, 5.74) is -0.832. The highest BCUT2D eigenvalue weighted by atomic mass is 16.5. The van der Waals surface area contributed by atoms with E-state index in [0.29, 0.717) is 19.4 Å². The first-order chi connectivity index (χ1) is 9.36. The number of methoxy groups -OCH3 is 1. The van der Waals surface area contributed by atoms with Gasteiger partial charge >= 0.3 is 12.0 Å². The molecule has 1 aliphatic heterocycles. The second kappa shape index (κ2) is 6.90. The molecule has 0 aliphatic carbocycles. The summed E-state index contributed by atoms with van der Waals surface area (Å²) >= 11 is 0.